The van der Waals surface area contributed by atoms with Gasteiger partial charge in [-0.25, -0.2) is 9.97 Å². The van der Waals surface area contributed by atoms with Crippen LogP contribution in [-0.4, -0.2) is 49.2 Å². The Hall–Kier alpha value is -2.34. The highest BCUT2D eigenvalue weighted by Gasteiger charge is 2.00. The smallest absolute Gasteiger partial charge is 0.135 e. The summed E-state index contributed by atoms with van der Waals surface area (Å²) in [6.07, 6.45) is 2.62. The zero-order valence-electron chi connectivity index (χ0n) is 13.3. The van der Waals surface area contributed by atoms with E-state index in [2.05, 4.69) is 39.6 Å². The minimum atomic E-state index is 0.760. The third kappa shape index (κ3) is 5.21. The summed E-state index contributed by atoms with van der Waals surface area (Å²) < 4.78 is 5.14. The second kappa shape index (κ2) is 8.19. The van der Waals surface area contributed by atoms with Crippen molar-refractivity contribution < 1.29 is 4.74 Å². The van der Waals surface area contributed by atoms with Gasteiger partial charge < -0.3 is 20.3 Å². The van der Waals surface area contributed by atoms with Gasteiger partial charge in [-0.3, -0.25) is 0 Å². The summed E-state index contributed by atoms with van der Waals surface area (Å²) in [5.74, 6) is 2.41. The SMILES string of the molecule is COc1ccc(Nc2cc(NCCCN(C)C)ncn2)cc1. The molecule has 118 valence electrons. The minimum absolute atomic E-state index is 0.760. The molecule has 6 heteroatoms. The first-order valence-electron chi connectivity index (χ1n) is 7.29. The number of benzene rings is 1. The van der Waals surface area contributed by atoms with Crippen molar-refractivity contribution in [3.05, 3.63) is 36.7 Å². The van der Waals surface area contributed by atoms with Gasteiger partial charge in [-0.05, 0) is 51.3 Å². The molecule has 0 aliphatic carbocycles. The summed E-state index contributed by atoms with van der Waals surface area (Å²) in [5.41, 5.74) is 0.957. The monoisotopic (exact) mass is 301 g/mol. The fraction of sp³-hybridized carbons (Fsp3) is 0.375. The van der Waals surface area contributed by atoms with Crippen LogP contribution >= 0.6 is 0 Å². The van der Waals surface area contributed by atoms with Gasteiger partial charge >= 0.3 is 0 Å². The standard InChI is InChI=1S/C16H23N5O/c1-21(2)10-4-9-17-15-11-16(19-12-18-15)20-13-5-7-14(22-3)8-6-13/h5-8,11-12H,4,9-10H2,1-3H3,(H2,17,18,19,20). The van der Waals surface area contributed by atoms with E-state index < -0.39 is 0 Å². The van der Waals surface area contributed by atoms with Crippen LogP contribution in [0.2, 0.25) is 0 Å². The summed E-state index contributed by atoms with van der Waals surface area (Å²) in [5, 5.41) is 6.56. The van der Waals surface area contributed by atoms with Crippen LogP contribution in [0.15, 0.2) is 36.7 Å². The van der Waals surface area contributed by atoms with E-state index in [0.717, 1.165) is 42.6 Å². The van der Waals surface area contributed by atoms with Gasteiger partial charge in [0, 0.05) is 18.3 Å². The minimum Gasteiger partial charge on any atom is -0.497 e. The summed E-state index contributed by atoms with van der Waals surface area (Å²) in [4.78, 5) is 10.6. The average molecular weight is 301 g/mol. The van der Waals surface area contributed by atoms with Gasteiger partial charge in [0.15, 0.2) is 0 Å². The van der Waals surface area contributed by atoms with E-state index in [1.54, 1.807) is 13.4 Å². The topological polar surface area (TPSA) is 62.3 Å². The number of nitrogens with zero attached hydrogens (tertiary/aromatic N) is 3. The number of anilines is 3. The van der Waals surface area contributed by atoms with Gasteiger partial charge in [0.1, 0.15) is 23.7 Å². The summed E-state index contributed by atoms with van der Waals surface area (Å²) in [6.45, 7) is 1.94. The van der Waals surface area contributed by atoms with Crippen LogP contribution in [0.4, 0.5) is 17.3 Å². The lowest BCUT2D eigenvalue weighted by atomic mass is 10.3. The van der Waals surface area contributed by atoms with Gasteiger partial charge in [0.25, 0.3) is 0 Å². The lowest BCUT2D eigenvalue weighted by Gasteiger charge is -2.11. The zero-order chi connectivity index (χ0) is 15.8. The van der Waals surface area contributed by atoms with E-state index >= 15 is 0 Å². The molecule has 0 saturated carbocycles. The molecule has 1 aromatic heterocycles. The summed E-state index contributed by atoms with van der Waals surface area (Å²) in [6, 6.07) is 9.62. The predicted molar refractivity (Wildman–Crippen MR) is 90.0 cm³/mol. The number of rotatable bonds is 8. The van der Waals surface area contributed by atoms with Gasteiger partial charge in [0.05, 0.1) is 7.11 Å². The lowest BCUT2D eigenvalue weighted by Crippen LogP contribution is -2.16. The average Bonchev–Trinajstić information content (AvgIpc) is 2.52. The van der Waals surface area contributed by atoms with E-state index in [-0.39, 0.29) is 0 Å². The first-order valence-corrected chi connectivity index (χ1v) is 7.29. The van der Waals surface area contributed by atoms with E-state index in [0.29, 0.717) is 0 Å². The zero-order valence-corrected chi connectivity index (χ0v) is 13.3. The van der Waals surface area contributed by atoms with Crippen LogP contribution in [0.25, 0.3) is 0 Å². The molecular weight excluding hydrogens is 278 g/mol. The van der Waals surface area contributed by atoms with Crippen LogP contribution in [0.5, 0.6) is 5.75 Å². The van der Waals surface area contributed by atoms with Crippen molar-refractivity contribution in [1.29, 1.82) is 0 Å². The Morgan fingerprint density at radius 2 is 1.82 bits per heavy atom. The van der Waals surface area contributed by atoms with Gasteiger partial charge in [-0.2, -0.15) is 0 Å². The number of aromatic nitrogens is 2. The molecular formula is C16H23N5O. The number of ether oxygens (including phenoxy) is 1. The Morgan fingerprint density at radius 1 is 1.09 bits per heavy atom. The first kappa shape index (κ1) is 16.0. The molecule has 1 heterocycles. The molecule has 0 atom stereocenters. The highest BCUT2D eigenvalue weighted by Crippen LogP contribution is 2.19. The molecule has 6 nitrogen and oxygen atoms in total. The second-order valence-corrected chi connectivity index (χ2v) is 5.23. The molecule has 2 rings (SSSR count). The van der Waals surface area contributed by atoms with Crippen molar-refractivity contribution >= 4 is 17.3 Å². The predicted octanol–water partition coefficient (Wildman–Crippen LogP) is 2.59. The van der Waals surface area contributed by atoms with Gasteiger partial charge in [-0.15, -0.1) is 0 Å². The first-order chi connectivity index (χ1) is 10.7. The molecule has 0 saturated heterocycles. The lowest BCUT2D eigenvalue weighted by molar-refractivity contribution is 0.405. The Bertz CT molecular complexity index is 571. The maximum absolute atomic E-state index is 5.14. The maximum atomic E-state index is 5.14. The fourth-order valence-corrected chi connectivity index (χ4v) is 1.96. The van der Waals surface area contributed by atoms with Crippen LogP contribution in [-0.2, 0) is 0 Å². The third-order valence-electron chi connectivity index (χ3n) is 3.12. The van der Waals surface area contributed by atoms with Crippen molar-refractivity contribution in [2.75, 3.05) is 44.9 Å². The Labute approximate surface area is 131 Å². The van der Waals surface area contributed by atoms with Gasteiger partial charge in [0.2, 0.25) is 0 Å². The van der Waals surface area contributed by atoms with Crippen LogP contribution < -0.4 is 15.4 Å². The number of hydrogen-bond donors (Lipinski definition) is 2. The number of hydrogen-bond acceptors (Lipinski definition) is 6. The van der Waals surface area contributed by atoms with Crippen molar-refractivity contribution in [3.63, 3.8) is 0 Å². The summed E-state index contributed by atoms with van der Waals surface area (Å²) >= 11 is 0. The highest BCUT2D eigenvalue weighted by atomic mass is 16.5. The largest absolute Gasteiger partial charge is 0.497 e. The molecule has 0 radical (unpaired) electrons. The van der Waals surface area contributed by atoms with E-state index in [9.17, 15) is 0 Å². The Morgan fingerprint density at radius 3 is 2.50 bits per heavy atom. The molecule has 0 spiro atoms. The van der Waals surface area contributed by atoms with Crippen molar-refractivity contribution in [2.24, 2.45) is 0 Å². The molecule has 0 bridgehead atoms. The molecule has 2 aromatic rings. The fourth-order valence-electron chi connectivity index (χ4n) is 1.96. The molecule has 0 fully saturated rings. The van der Waals surface area contributed by atoms with E-state index in [1.807, 2.05) is 30.3 Å². The molecule has 2 N–H and O–H groups in total. The van der Waals surface area contributed by atoms with E-state index in [4.69, 9.17) is 4.74 Å². The second-order valence-electron chi connectivity index (χ2n) is 5.23. The molecule has 1 aromatic carbocycles. The molecule has 0 aliphatic rings. The molecule has 0 amide bonds. The maximum Gasteiger partial charge on any atom is 0.135 e. The molecule has 0 aliphatic heterocycles. The number of methoxy groups -OCH3 is 1. The van der Waals surface area contributed by atoms with Crippen molar-refractivity contribution in [3.8, 4) is 5.75 Å². The van der Waals surface area contributed by atoms with Crippen LogP contribution in [0, 0.1) is 0 Å². The molecule has 22 heavy (non-hydrogen) atoms. The van der Waals surface area contributed by atoms with Crippen LogP contribution in [0.1, 0.15) is 6.42 Å². The Balaban J connectivity index is 1.90. The third-order valence-corrected chi connectivity index (χ3v) is 3.12. The highest BCUT2D eigenvalue weighted by molar-refractivity contribution is 5.59. The normalized spacial score (nSPS) is 10.5. The summed E-state index contributed by atoms with van der Waals surface area (Å²) in [7, 11) is 5.80. The van der Waals surface area contributed by atoms with Crippen molar-refractivity contribution in [1.82, 2.24) is 14.9 Å². The van der Waals surface area contributed by atoms with E-state index in [1.165, 1.54) is 0 Å². The number of nitrogens with one attached hydrogen (secondary N) is 2. The van der Waals surface area contributed by atoms with Gasteiger partial charge in [-0.1, -0.05) is 0 Å². The van der Waals surface area contributed by atoms with Crippen molar-refractivity contribution in [2.45, 2.75) is 6.42 Å². The Kier molecular flexibility index (Phi) is 5.97. The molecule has 0 unspecified atom stereocenters. The van der Waals surface area contributed by atoms with Crippen LogP contribution in [0.3, 0.4) is 0 Å². The quantitative estimate of drug-likeness (QED) is 0.731.